The summed E-state index contributed by atoms with van der Waals surface area (Å²) in [7, 11) is 0. The van der Waals surface area contributed by atoms with E-state index in [9.17, 15) is 9.59 Å². The Bertz CT molecular complexity index is 1090. The van der Waals surface area contributed by atoms with Crippen LogP contribution < -0.4 is 0 Å². The lowest BCUT2D eigenvalue weighted by molar-refractivity contribution is -0.140. The van der Waals surface area contributed by atoms with Crippen molar-refractivity contribution in [3.8, 4) is 0 Å². The maximum Gasteiger partial charge on any atom is 0.339 e. The minimum Gasteiger partial charge on any atom is -0.458 e. The molecule has 31 heavy (non-hydrogen) atoms. The predicted molar refractivity (Wildman–Crippen MR) is 117 cm³/mol. The average molecular weight is 418 g/mol. The van der Waals surface area contributed by atoms with E-state index in [-0.39, 0.29) is 42.3 Å². The van der Waals surface area contributed by atoms with Crippen LogP contribution in [0.25, 0.3) is 10.8 Å². The fraction of sp³-hybridized carbons (Fsp3) is 0.385. The largest absolute Gasteiger partial charge is 0.458 e. The van der Waals surface area contributed by atoms with Gasteiger partial charge in [0.1, 0.15) is 18.8 Å². The van der Waals surface area contributed by atoms with E-state index < -0.39 is 0 Å². The summed E-state index contributed by atoms with van der Waals surface area (Å²) in [5, 5.41) is 1.90. The van der Waals surface area contributed by atoms with Crippen LogP contribution in [0.2, 0.25) is 0 Å². The Morgan fingerprint density at radius 3 is 2.90 bits per heavy atom. The fourth-order valence-electron chi connectivity index (χ4n) is 4.89. The van der Waals surface area contributed by atoms with E-state index in [1.807, 2.05) is 36.4 Å². The molecule has 2 aromatic carbocycles. The standard InChI is InChI=1S/C26H26O5/c1-16-19-13-12-17(7-6-14-26(2)23(31-26)22(19)30-24(16)27)15-29-25(28)21-11-5-9-18-8-3-4-10-20(18)21/h3-5,7-11,19,22-23H,1,6,12-15H2,2H3/b17-7+/t19-,22-,23-,26+/m0/s1. The maximum absolute atomic E-state index is 12.8. The Morgan fingerprint density at radius 1 is 1.23 bits per heavy atom. The molecule has 2 heterocycles. The Hall–Kier alpha value is -2.92. The van der Waals surface area contributed by atoms with E-state index in [4.69, 9.17) is 14.2 Å². The summed E-state index contributed by atoms with van der Waals surface area (Å²) >= 11 is 0. The molecule has 0 N–H and O–H groups in total. The fourth-order valence-corrected chi connectivity index (χ4v) is 4.89. The van der Waals surface area contributed by atoms with Gasteiger partial charge in [-0.25, -0.2) is 9.59 Å². The highest BCUT2D eigenvalue weighted by Gasteiger charge is 2.61. The lowest BCUT2D eigenvalue weighted by Crippen LogP contribution is -2.29. The minimum atomic E-state index is -0.325. The normalized spacial score (nSPS) is 31.8. The number of hydrogen-bond donors (Lipinski definition) is 0. The minimum absolute atomic E-state index is 0.0557. The number of rotatable bonds is 3. The van der Waals surface area contributed by atoms with Crippen molar-refractivity contribution in [1.82, 2.24) is 0 Å². The number of hydrogen-bond acceptors (Lipinski definition) is 5. The summed E-state index contributed by atoms with van der Waals surface area (Å²) in [5.41, 5.74) is 1.88. The van der Waals surface area contributed by atoms with Gasteiger partial charge in [0.25, 0.3) is 0 Å². The lowest BCUT2D eigenvalue weighted by Gasteiger charge is -2.20. The van der Waals surface area contributed by atoms with Crippen molar-refractivity contribution in [2.75, 3.05) is 6.61 Å². The molecular weight excluding hydrogens is 392 g/mol. The van der Waals surface area contributed by atoms with Crippen molar-refractivity contribution in [1.29, 1.82) is 0 Å². The molecule has 0 amide bonds. The van der Waals surface area contributed by atoms with Crippen LogP contribution in [0.4, 0.5) is 0 Å². The van der Waals surface area contributed by atoms with E-state index in [1.165, 1.54) is 0 Å². The zero-order valence-electron chi connectivity index (χ0n) is 17.6. The monoisotopic (exact) mass is 418 g/mol. The van der Waals surface area contributed by atoms with Gasteiger partial charge in [0.05, 0.1) is 11.2 Å². The van der Waals surface area contributed by atoms with Gasteiger partial charge in [-0.1, -0.05) is 49.1 Å². The van der Waals surface area contributed by atoms with Gasteiger partial charge in [0.15, 0.2) is 0 Å². The number of allylic oxidation sites excluding steroid dienone is 1. The Labute approximate surface area is 181 Å². The number of fused-ring (bicyclic) bond motifs is 4. The zero-order chi connectivity index (χ0) is 21.6. The molecule has 0 spiro atoms. The summed E-state index contributed by atoms with van der Waals surface area (Å²) in [6.45, 7) is 6.26. The van der Waals surface area contributed by atoms with E-state index >= 15 is 0 Å². The molecule has 0 unspecified atom stereocenters. The number of carbonyl (C=O) groups excluding carboxylic acids is 2. The summed E-state index contributed by atoms with van der Waals surface area (Å²) < 4.78 is 17.2. The third-order valence-electron chi connectivity index (χ3n) is 6.84. The molecule has 0 radical (unpaired) electrons. The van der Waals surface area contributed by atoms with Crippen LogP contribution in [0.3, 0.4) is 0 Å². The number of ether oxygens (including phenoxy) is 3. The summed E-state index contributed by atoms with van der Waals surface area (Å²) in [5.74, 6) is -0.705. The van der Waals surface area contributed by atoms with Crippen LogP contribution in [-0.2, 0) is 19.0 Å². The molecule has 2 aliphatic heterocycles. The van der Waals surface area contributed by atoms with Crippen LogP contribution in [0, 0.1) is 5.92 Å². The Kier molecular flexibility index (Phi) is 4.94. The number of esters is 2. The first-order valence-electron chi connectivity index (χ1n) is 10.9. The van der Waals surface area contributed by atoms with Gasteiger partial charge in [0, 0.05) is 11.5 Å². The second kappa shape index (κ2) is 7.65. The van der Waals surface area contributed by atoms with Gasteiger partial charge in [0.2, 0.25) is 0 Å². The van der Waals surface area contributed by atoms with Crippen LogP contribution in [-0.4, -0.2) is 36.4 Å². The smallest absolute Gasteiger partial charge is 0.339 e. The van der Waals surface area contributed by atoms with Gasteiger partial charge in [-0.3, -0.25) is 0 Å². The predicted octanol–water partition coefficient (Wildman–Crippen LogP) is 4.75. The lowest BCUT2D eigenvalue weighted by atomic mass is 9.84. The molecule has 2 saturated heterocycles. The molecule has 5 heteroatoms. The zero-order valence-corrected chi connectivity index (χ0v) is 17.6. The van der Waals surface area contributed by atoms with E-state index in [1.54, 1.807) is 6.07 Å². The van der Waals surface area contributed by atoms with Crippen molar-refractivity contribution in [2.24, 2.45) is 5.92 Å². The molecule has 4 atom stereocenters. The number of carbonyl (C=O) groups is 2. The third kappa shape index (κ3) is 3.68. The summed E-state index contributed by atoms with van der Waals surface area (Å²) in [6.07, 6.45) is 4.96. The van der Waals surface area contributed by atoms with E-state index in [0.717, 1.165) is 42.0 Å². The number of epoxide rings is 1. The molecule has 0 bridgehead atoms. The van der Waals surface area contributed by atoms with Crippen LogP contribution in [0.15, 0.2) is 66.3 Å². The van der Waals surface area contributed by atoms with Crippen molar-refractivity contribution >= 4 is 22.7 Å². The van der Waals surface area contributed by atoms with Crippen molar-refractivity contribution < 1.29 is 23.8 Å². The first-order chi connectivity index (χ1) is 15.0. The molecular formula is C26H26O5. The first-order valence-corrected chi connectivity index (χ1v) is 10.9. The molecule has 5 nitrogen and oxygen atoms in total. The summed E-state index contributed by atoms with van der Waals surface area (Å²) in [6, 6.07) is 13.5. The number of benzene rings is 2. The van der Waals surface area contributed by atoms with Gasteiger partial charge in [-0.2, -0.15) is 0 Å². The highest BCUT2D eigenvalue weighted by molar-refractivity contribution is 6.04. The molecule has 3 aliphatic rings. The van der Waals surface area contributed by atoms with Crippen molar-refractivity contribution in [2.45, 2.75) is 50.4 Å². The highest BCUT2D eigenvalue weighted by atomic mass is 16.6. The van der Waals surface area contributed by atoms with Gasteiger partial charge >= 0.3 is 11.9 Å². The average Bonchev–Trinajstić information content (AvgIpc) is 3.37. The molecule has 5 rings (SSSR count). The van der Waals surface area contributed by atoms with Crippen molar-refractivity contribution in [3.63, 3.8) is 0 Å². The van der Waals surface area contributed by atoms with Crippen LogP contribution in [0.5, 0.6) is 0 Å². The van der Waals surface area contributed by atoms with Crippen LogP contribution in [0.1, 0.15) is 43.0 Å². The first kappa shape index (κ1) is 20.0. The van der Waals surface area contributed by atoms with Crippen LogP contribution >= 0.6 is 0 Å². The maximum atomic E-state index is 12.8. The molecule has 2 fully saturated rings. The van der Waals surface area contributed by atoms with Crippen molar-refractivity contribution in [3.05, 3.63) is 71.8 Å². The Balaban J connectivity index is 1.31. The molecule has 2 aromatic rings. The van der Waals surface area contributed by atoms with Gasteiger partial charge < -0.3 is 14.2 Å². The van der Waals surface area contributed by atoms with E-state index in [2.05, 4.69) is 19.6 Å². The third-order valence-corrected chi connectivity index (χ3v) is 6.84. The quantitative estimate of drug-likeness (QED) is 0.311. The topological polar surface area (TPSA) is 65.1 Å². The molecule has 0 aromatic heterocycles. The summed E-state index contributed by atoms with van der Waals surface area (Å²) in [4.78, 5) is 24.9. The van der Waals surface area contributed by atoms with Gasteiger partial charge in [-0.15, -0.1) is 0 Å². The highest BCUT2D eigenvalue weighted by Crippen LogP contribution is 2.49. The van der Waals surface area contributed by atoms with E-state index in [0.29, 0.717) is 11.1 Å². The molecule has 1 aliphatic carbocycles. The Morgan fingerprint density at radius 2 is 2.03 bits per heavy atom. The SMILES string of the molecule is C=C1C(=O)O[C@H]2[C@H]1CC/C(COC(=O)c1cccc3ccccc13)=C\CC[C@@]1(C)O[C@@H]21. The van der Waals surface area contributed by atoms with Gasteiger partial charge in [-0.05, 0) is 55.0 Å². The second-order valence-corrected chi connectivity index (χ2v) is 8.90. The molecule has 0 saturated carbocycles. The molecule has 160 valence electrons. The second-order valence-electron chi connectivity index (χ2n) is 8.90.